The molecular weight excluding hydrogens is 793 g/mol. The first-order valence-corrected chi connectivity index (χ1v) is 26.0. The van der Waals surface area contributed by atoms with E-state index in [1.807, 2.05) is 66.8 Å². The number of ether oxygens (including phenoxy) is 3. The predicted molar refractivity (Wildman–Crippen MR) is 274 cm³/mol. The molecule has 0 bridgehead atoms. The smallest absolute Gasteiger partial charge is 0.306 e. The highest BCUT2D eigenvalue weighted by Gasteiger charge is 2.19. The Hall–Kier alpha value is -3.93. The fraction of sp³-hybridized carbons (Fsp3) is 0.638. The van der Waals surface area contributed by atoms with Crippen molar-refractivity contribution in [1.82, 2.24) is 0 Å². The molecule has 0 amide bonds. The highest BCUT2D eigenvalue weighted by atomic mass is 16.6. The molecule has 362 valence electrons. The molecule has 0 aromatic heterocycles. The summed E-state index contributed by atoms with van der Waals surface area (Å²) in [4.78, 5) is 37.9. The maximum Gasteiger partial charge on any atom is 0.306 e. The quantitative estimate of drug-likeness (QED) is 0.0199. The number of unbranched alkanes of at least 4 members (excludes halogenated alkanes) is 21. The van der Waals surface area contributed by atoms with E-state index in [1.54, 1.807) is 0 Å². The van der Waals surface area contributed by atoms with Gasteiger partial charge in [0, 0.05) is 19.3 Å². The van der Waals surface area contributed by atoms with E-state index in [0.29, 0.717) is 19.3 Å². The van der Waals surface area contributed by atoms with Gasteiger partial charge in [0.1, 0.15) is 13.2 Å². The largest absolute Gasteiger partial charge is 0.462 e. The number of carbonyl (C=O) groups is 3. The van der Waals surface area contributed by atoms with Crippen LogP contribution in [0.3, 0.4) is 0 Å². The normalized spacial score (nSPS) is 13.0. The zero-order valence-electron chi connectivity index (χ0n) is 41.3. The lowest BCUT2D eigenvalue weighted by atomic mass is 10.1. The Bertz CT molecular complexity index is 1340. The molecule has 0 saturated heterocycles. The van der Waals surface area contributed by atoms with Gasteiger partial charge in [0.25, 0.3) is 0 Å². The first kappa shape index (κ1) is 60.1. The molecule has 0 fully saturated rings. The van der Waals surface area contributed by atoms with Crippen LogP contribution in [0.5, 0.6) is 0 Å². The molecule has 6 heteroatoms. The van der Waals surface area contributed by atoms with Crippen molar-refractivity contribution in [2.75, 3.05) is 13.2 Å². The molecule has 0 aliphatic carbocycles. The molecule has 0 rings (SSSR count). The number of allylic oxidation sites excluding steroid dienone is 18. The molecule has 64 heavy (non-hydrogen) atoms. The van der Waals surface area contributed by atoms with E-state index in [0.717, 1.165) is 77.0 Å². The summed E-state index contributed by atoms with van der Waals surface area (Å²) in [5.74, 6) is -1.05. The molecule has 6 nitrogen and oxygen atoms in total. The summed E-state index contributed by atoms with van der Waals surface area (Å²) in [5, 5.41) is 0. The molecule has 0 aromatic rings. The van der Waals surface area contributed by atoms with Crippen LogP contribution in [-0.4, -0.2) is 37.2 Å². The van der Waals surface area contributed by atoms with Crippen molar-refractivity contribution >= 4 is 17.9 Å². The highest BCUT2D eigenvalue weighted by molar-refractivity contribution is 5.71. The monoisotopic (exact) mass is 887 g/mol. The third-order valence-electron chi connectivity index (χ3n) is 10.7. The Morgan fingerprint density at radius 2 is 0.703 bits per heavy atom. The van der Waals surface area contributed by atoms with Crippen LogP contribution in [0.2, 0.25) is 0 Å². The number of carbonyl (C=O) groups excluding carboxylic acids is 3. The third kappa shape index (κ3) is 49.1. The Balaban J connectivity index is 4.56. The number of hydrogen-bond donors (Lipinski definition) is 0. The molecule has 0 spiro atoms. The van der Waals surface area contributed by atoms with Gasteiger partial charge in [-0.05, 0) is 83.5 Å². The zero-order chi connectivity index (χ0) is 46.5. The second kappa shape index (κ2) is 51.7. The second-order valence-corrected chi connectivity index (χ2v) is 16.8. The van der Waals surface area contributed by atoms with Gasteiger partial charge in [-0.3, -0.25) is 14.4 Å². The average molecular weight is 887 g/mol. The van der Waals surface area contributed by atoms with Crippen LogP contribution in [0.15, 0.2) is 109 Å². The standard InChI is InChI=1S/C58H94O6/c1-4-7-10-13-16-19-22-25-27-29-31-33-36-39-42-45-48-51-57(60)63-54-55(53-62-56(59)50-47-44-41-38-35-32-24-21-18-15-12-9-6-3)64-58(61)52-49-46-43-40-37-34-30-28-26-23-20-17-14-11-8-5-2/h7,10,13,16,19,22,25,27-33,35-36,41,44,55H,4-6,8-9,11-12,14-15,17-18,20-21,23-24,26,34,37-40,42-43,45-54H2,1-3H3/b10-7+,16-13+,22-19+,27-25+,30-28+,31-29+,35-32+,36-33+,44-41+. The van der Waals surface area contributed by atoms with Crippen molar-refractivity contribution in [3.63, 3.8) is 0 Å². The summed E-state index contributed by atoms with van der Waals surface area (Å²) >= 11 is 0. The van der Waals surface area contributed by atoms with Crippen LogP contribution in [0.1, 0.15) is 220 Å². The average Bonchev–Trinajstić information content (AvgIpc) is 3.29. The first-order chi connectivity index (χ1) is 31.5. The van der Waals surface area contributed by atoms with Crippen LogP contribution in [0, 0.1) is 0 Å². The van der Waals surface area contributed by atoms with Crippen molar-refractivity contribution < 1.29 is 28.6 Å². The topological polar surface area (TPSA) is 78.9 Å². The van der Waals surface area contributed by atoms with Gasteiger partial charge in [0.15, 0.2) is 6.10 Å². The molecule has 0 aliphatic rings. The zero-order valence-corrected chi connectivity index (χ0v) is 41.3. The number of esters is 3. The highest BCUT2D eigenvalue weighted by Crippen LogP contribution is 2.13. The van der Waals surface area contributed by atoms with E-state index < -0.39 is 6.10 Å². The molecule has 1 atom stereocenters. The van der Waals surface area contributed by atoms with Crippen LogP contribution in [0.4, 0.5) is 0 Å². The van der Waals surface area contributed by atoms with Crippen molar-refractivity contribution in [2.24, 2.45) is 0 Å². The maximum absolute atomic E-state index is 12.8. The van der Waals surface area contributed by atoms with Crippen molar-refractivity contribution in [3.8, 4) is 0 Å². The minimum atomic E-state index is -0.825. The van der Waals surface area contributed by atoms with Crippen molar-refractivity contribution in [2.45, 2.75) is 226 Å². The van der Waals surface area contributed by atoms with Crippen molar-refractivity contribution in [3.05, 3.63) is 109 Å². The van der Waals surface area contributed by atoms with E-state index >= 15 is 0 Å². The summed E-state index contributed by atoms with van der Waals surface area (Å²) in [5.41, 5.74) is 0. The van der Waals surface area contributed by atoms with E-state index in [4.69, 9.17) is 14.2 Å². The van der Waals surface area contributed by atoms with Gasteiger partial charge in [-0.1, -0.05) is 226 Å². The SMILES string of the molecule is CC/C=C/C=C/C=C/C=C/C=C/C=C/CCCCCC(=O)OCC(COC(=O)CC/C=C/C/C=C/CCCCCCCC)OC(=O)CCCCCCC/C=C/CCCCCCCCC. The molecule has 0 N–H and O–H groups in total. The molecule has 0 heterocycles. The minimum absolute atomic E-state index is 0.123. The fourth-order valence-corrected chi connectivity index (χ4v) is 6.76. The number of rotatable bonds is 45. The Kier molecular flexibility index (Phi) is 48.5. The van der Waals surface area contributed by atoms with E-state index in [-0.39, 0.29) is 37.5 Å². The lowest BCUT2D eigenvalue weighted by molar-refractivity contribution is -0.166. The van der Waals surface area contributed by atoms with E-state index in [2.05, 4.69) is 63.3 Å². The summed E-state index contributed by atoms with van der Waals surface area (Å²) in [6.07, 6.45) is 69.4. The molecule has 0 aromatic carbocycles. The van der Waals surface area contributed by atoms with Crippen LogP contribution in [0.25, 0.3) is 0 Å². The van der Waals surface area contributed by atoms with Gasteiger partial charge in [0.05, 0.1) is 0 Å². The van der Waals surface area contributed by atoms with Gasteiger partial charge >= 0.3 is 17.9 Å². The van der Waals surface area contributed by atoms with E-state index in [1.165, 1.54) is 96.3 Å². The summed E-state index contributed by atoms with van der Waals surface area (Å²) < 4.78 is 16.7. The predicted octanol–water partition coefficient (Wildman–Crippen LogP) is 17.1. The first-order valence-electron chi connectivity index (χ1n) is 26.0. The van der Waals surface area contributed by atoms with Gasteiger partial charge in [0.2, 0.25) is 0 Å². The Morgan fingerprint density at radius 3 is 1.20 bits per heavy atom. The summed E-state index contributed by atoms with van der Waals surface area (Å²) in [6, 6.07) is 0. The third-order valence-corrected chi connectivity index (χ3v) is 10.7. The Morgan fingerprint density at radius 1 is 0.344 bits per heavy atom. The van der Waals surface area contributed by atoms with Crippen LogP contribution < -0.4 is 0 Å². The van der Waals surface area contributed by atoms with Gasteiger partial charge < -0.3 is 14.2 Å². The van der Waals surface area contributed by atoms with Crippen LogP contribution in [-0.2, 0) is 28.6 Å². The van der Waals surface area contributed by atoms with E-state index in [9.17, 15) is 14.4 Å². The lowest BCUT2D eigenvalue weighted by Crippen LogP contribution is -2.30. The minimum Gasteiger partial charge on any atom is -0.462 e. The molecule has 0 saturated carbocycles. The molecule has 0 aliphatic heterocycles. The van der Waals surface area contributed by atoms with Gasteiger partial charge in [-0.2, -0.15) is 0 Å². The van der Waals surface area contributed by atoms with Gasteiger partial charge in [-0.25, -0.2) is 0 Å². The summed E-state index contributed by atoms with van der Waals surface area (Å²) in [7, 11) is 0. The van der Waals surface area contributed by atoms with Crippen LogP contribution >= 0.6 is 0 Å². The maximum atomic E-state index is 12.8. The second-order valence-electron chi connectivity index (χ2n) is 16.8. The molecular formula is C58H94O6. The molecule has 1 unspecified atom stereocenters. The summed E-state index contributed by atoms with van der Waals surface area (Å²) in [6.45, 7) is 6.37. The van der Waals surface area contributed by atoms with Gasteiger partial charge in [-0.15, -0.1) is 0 Å². The van der Waals surface area contributed by atoms with Crippen molar-refractivity contribution in [1.29, 1.82) is 0 Å². The number of hydrogen-bond acceptors (Lipinski definition) is 6. The lowest BCUT2D eigenvalue weighted by Gasteiger charge is -2.18. The Labute approximate surface area is 393 Å². The molecule has 0 radical (unpaired) electrons. The fourth-order valence-electron chi connectivity index (χ4n) is 6.76.